The smallest absolute Gasteiger partial charge is 0.0655 e. The van der Waals surface area contributed by atoms with Crippen molar-refractivity contribution in [1.29, 1.82) is 0 Å². The fourth-order valence-corrected chi connectivity index (χ4v) is 2.26. The summed E-state index contributed by atoms with van der Waals surface area (Å²) in [5.41, 5.74) is 1.33. The molecule has 0 radical (unpaired) electrons. The van der Waals surface area contributed by atoms with E-state index in [1.165, 1.54) is 44.2 Å². The van der Waals surface area contributed by atoms with Gasteiger partial charge in [-0.25, -0.2) is 0 Å². The van der Waals surface area contributed by atoms with Crippen LogP contribution in [-0.4, -0.2) is 9.78 Å². The maximum atomic E-state index is 4.65. The number of unbranched alkanes of at least 4 members (excludes halogenated alkanes) is 1. The molecule has 0 amide bonds. The van der Waals surface area contributed by atoms with Crippen LogP contribution in [0.4, 0.5) is 0 Å². The summed E-state index contributed by atoms with van der Waals surface area (Å²) in [7, 11) is 0. The molecule has 1 fully saturated rings. The lowest BCUT2D eigenvalue weighted by atomic mass is 10.1. The molecule has 2 rings (SSSR count). The Balaban J connectivity index is 1.94. The van der Waals surface area contributed by atoms with Gasteiger partial charge < -0.3 is 0 Å². The SMILES string of the molecule is CCCCn1ccc(C2CCCC2)n1. The molecule has 0 aromatic carbocycles. The lowest BCUT2D eigenvalue weighted by molar-refractivity contribution is 0.554. The van der Waals surface area contributed by atoms with Crippen molar-refractivity contribution in [3.8, 4) is 0 Å². The van der Waals surface area contributed by atoms with E-state index in [2.05, 4.69) is 29.0 Å². The van der Waals surface area contributed by atoms with E-state index in [1.54, 1.807) is 0 Å². The molecule has 2 heteroatoms. The molecule has 0 bridgehead atoms. The predicted molar refractivity (Wildman–Crippen MR) is 58.3 cm³/mol. The average molecular weight is 192 g/mol. The van der Waals surface area contributed by atoms with E-state index in [9.17, 15) is 0 Å². The van der Waals surface area contributed by atoms with E-state index in [0.717, 1.165) is 12.5 Å². The Morgan fingerprint density at radius 2 is 2.21 bits per heavy atom. The van der Waals surface area contributed by atoms with Gasteiger partial charge in [0.15, 0.2) is 0 Å². The molecule has 0 spiro atoms. The van der Waals surface area contributed by atoms with E-state index in [-0.39, 0.29) is 0 Å². The van der Waals surface area contributed by atoms with Gasteiger partial charge in [-0.05, 0) is 25.3 Å². The van der Waals surface area contributed by atoms with E-state index in [4.69, 9.17) is 0 Å². The molecule has 0 N–H and O–H groups in total. The van der Waals surface area contributed by atoms with Crippen LogP contribution in [-0.2, 0) is 6.54 Å². The summed E-state index contributed by atoms with van der Waals surface area (Å²) in [6, 6.07) is 2.21. The molecule has 1 heterocycles. The Labute approximate surface area is 86.3 Å². The number of hydrogen-bond acceptors (Lipinski definition) is 1. The second-order valence-corrected chi connectivity index (χ2v) is 4.34. The predicted octanol–water partition coefficient (Wildman–Crippen LogP) is 3.34. The quantitative estimate of drug-likeness (QED) is 0.715. The van der Waals surface area contributed by atoms with Gasteiger partial charge in [-0.2, -0.15) is 5.10 Å². The highest BCUT2D eigenvalue weighted by Gasteiger charge is 2.18. The molecule has 1 saturated carbocycles. The Bertz CT molecular complexity index is 272. The van der Waals surface area contributed by atoms with Gasteiger partial charge in [0, 0.05) is 18.7 Å². The van der Waals surface area contributed by atoms with Gasteiger partial charge in [0.2, 0.25) is 0 Å². The van der Waals surface area contributed by atoms with Crippen LogP contribution in [0.5, 0.6) is 0 Å². The first kappa shape index (κ1) is 9.75. The van der Waals surface area contributed by atoms with Crippen LogP contribution in [0.1, 0.15) is 57.1 Å². The molecule has 78 valence electrons. The maximum Gasteiger partial charge on any atom is 0.0655 e. The van der Waals surface area contributed by atoms with Crippen molar-refractivity contribution in [3.63, 3.8) is 0 Å². The van der Waals surface area contributed by atoms with Gasteiger partial charge in [-0.3, -0.25) is 4.68 Å². The third-order valence-electron chi connectivity index (χ3n) is 3.18. The summed E-state index contributed by atoms with van der Waals surface area (Å²) >= 11 is 0. The van der Waals surface area contributed by atoms with Crippen molar-refractivity contribution in [1.82, 2.24) is 9.78 Å². The number of hydrogen-bond donors (Lipinski definition) is 0. The minimum absolute atomic E-state index is 0.762. The Morgan fingerprint density at radius 3 is 2.93 bits per heavy atom. The Hall–Kier alpha value is -0.790. The van der Waals surface area contributed by atoms with Gasteiger partial charge in [-0.15, -0.1) is 0 Å². The van der Waals surface area contributed by atoms with E-state index >= 15 is 0 Å². The summed E-state index contributed by atoms with van der Waals surface area (Å²) < 4.78 is 2.11. The first-order valence-electron chi connectivity index (χ1n) is 5.93. The summed E-state index contributed by atoms with van der Waals surface area (Å²) in [6.45, 7) is 3.31. The van der Waals surface area contributed by atoms with Crippen LogP contribution in [0.2, 0.25) is 0 Å². The highest BCUT2D eigenvalue weighted by molar-refractivity contribution is 5.07. The van der Waals surface area contributed by atoms with Crippen LogP contribution in [0.25, 0.3) is 0 Å². The lowest BCUT2D eigenvalue weighted by Crippen LogP contribution is -2.00. The Kier molecular flexibility index (Phi) is 3.22. The molecular formula is C12H20N2. The third kappa shape index (κ3) is 2.17. The van der Waals surface area contributed by atoms with Crippen LogP contribution in [0.15, 0.2) is 12.3 Å². The Morgan fingerprint density at radius 1 is 1.43 bits per heavy atom. The molecule has 14 heavy (non-hydrogen) atoms. The first-order valence-corrected chi connectivity index (χ1v) is 5.93. The zero-order valence-corrected chi connectivity index (χ0v) is 9.08. The molecule has 0 aliphatic heterocycles. The maximum absolute atomic E-state index is 4.65. The average Bonchev–Trinajstić information content (AvgIpc) is 2.85. The molecular weight excluding hydrogens is 172 g/mol. The molecule has 1 aromatic heterocycles. The minimum atomic E-state index is 0.762. The molecule has 0 unspecified atom stereocenters. The van der Waals surface area contributed by atoms with Gasteiger partial charge >= 0.3 is 0 Å². The second-order valence-electron chi connectivity index (χ2n) is 4.34. The van der Waals surface area contributed by atoms with Gasteiger partial charge in [-0.1, -0.05) is 26.2 Å². The zero-order chi connectivity index (χ0) is 9.80. The molecule has 2 nitrogen and oxygen atoms in total. The normalized spacial score (nSPS) is 17.8. The van der Waals surface area contributed by atoms with Crippen molar-refractivity contribution >= 4 is 0 Å². The van der Waals surface area contributed by atoms with Gasteiger partial charge in [0.05, 0.1) is 5.69 Å². The lowest BCUT2D eigenvalue weighted by Gasteiger charge is -2.04. The highest BCUT2D eigenvalue weighted by atomic mass is 15.3. The van der Waals surface area contributed by atoms with Gasteiger partial charge in [0.1, 0.15) is 0 Å². The van der Waals surface area contributed by atoms with Gasteiger partial charge in [0.25, 0.3) is 0 Å². The summed E-state index contributed by atoms with van der Waals surface area (Å²) in [6.07, 6.45) is 10.1. The minimum Gasteiger partial charge on any atom is -0.272 e. The van der Waals surface area contributed by atoms with Crippen LogP contribution >= 0.6 is 0 Å². The largest absolute Gasteiger partial charge is 0.272 e. The number of rotatable bonds is 4. The van der Waals surface area contributed by atoms with Crippen LogP contribution in [0, 0.1) is 0 Å². The van der Waals surface area contributed by atoms with Crippen LogP contribution in [0.3, 0.4) is 0 Å². The van der Waals surface area contributed by atoms with Crippen molar-refractivity contribution in [2.45, 2.75) is 57.9 Å². The highest BCUT2D eigenvalue weighted by Crippen LogP contribution is 2.32. The number of aryl methyl sites for hydroxylation is 1. The van der Waals surface area contributed by atoms with Crippen LogP contribution < -0.4 is 0 Å². The molecule has 0 atom stereocenters. The van der Waals surface area contributed by atoms with E-state index in [0.29, 0.717) is 0 Å². The van der Waals surface area contributed by atoms with E-state index in [1.807, 2.05) is 0 Å². The monoisotopic (exact) mass is 192 g/mol. The second kappa shape index (κ2) is 4.63. The summed E-state index contributed by atoms with van der Waals surface area (Å²) in [4.78, 5) is 0. The zero-order valence-electron chi connectivity index (χ0n) is 9.08. The molecule has 1 aromatic rings. The molecule has 1 aliphatic carbocycles. The van der Waals surface area contributed by atoms with Crippen molar-refractivity contribution in [2.24, 2.45) is 0 Å². The third-order valence-corrected chi connectivity index (χ3v) is 3.18. The number of nitrogens with zero attached hydrogens (tertiary/aromatic N) is 2. The standard InChI is InChI=1S/C12H20N2/c1-2-3-9-14-10-8-12(13-14)11-6-4-5-7-11/h8,10-11H,2-7,9H2,1H3. The molecule has 0 saturated heterocycles. The summed E-state index contributed by atoms with van der Waals surface area (Å²) in [5.74, 6) is 0.762. The van der Waals surface area contributed by atoms with Crippen molar-refractivity contribution < 1.29 is 0 Å². The fourth-order valence-electron chi connectivity index (χ4n) is 2.26. The topological polar surface area (TPSA) is 17.8 Å². The fraction of sp³-hybridized carbons (Fsp3) is 0.750. The van der Waals surface area contributed by atoms with E-state index < -0.39 is 0 Å². The van der Waals surface area contributed by atoms with Crippen molar-refractivity contribution in [2.75, 3.05) is 0 Å². The number of aromatic nitrogens is 2. The molecule has 1 aliphatic rings. The first-order chi connectivity index (χ1) is 6.90. The summed E-state index contributed by atoms with van der Waals surface area (Å²) in [5, 5.41) is 4.65. The van der Waals surface area contributed by atoms with Crippen molar-refractivity contribution in [3.05, 3.63) is 18.0 Å².